The number of allylic oxidation sites excluding steroid dienone is 26. The predicted octanol–water partition coefficient (Wildman–Crippen LogP) is 20.9. The molecule has 0 aliphatic carbocycles. The lowest BCUT2D eigenvalue weighted by Crippen LogP contribution is -2.30. The molecule has 0 amide bonds. The van der Waals surface area contributed by atoms with Gasteiger partial charge in [0.05, 0.1) is 0 Å². The molecule has 6 nitrogen and oxygen atoms in total. The zero-order valence-corrected chi connectivity index (χ0v) is 48.7. The van der Waals surface area contributed by atoms with Crippen molar-refractivity contribution in [2.75, 3.05) is 13.2 Å². The fourth-order valence-electron chi connectivity index (χ4n) is 7.76. The maximum Gasteiger partial charge on any atom is 0.306 e. The fraction of sp³-hybridized carbons (Fsp3) is 0.586. The summed E-state index contributed by atoms with van der Waals surface area (Å²) < 4.78 is 16.8. The number of carbonyl (C=O) groups excluding carboxylic acids is 3. The van der Waals surface area contributed by atoms with E-state index >= 15 is 0 Å². The molecule has 0 aromatic heterocycles. The van der Waals surface area contributed by atoms with E-state index < -0.39 is 6.10 Å². The number of carbonyl (C=O) groups is 3. The van der Waals surface area contributed by atoms with Crippen molar-refractivity contribution in [3.8, 4) is 0 Å². The Morgan fingerprint density at radius 3 is 0.882 bits per heavy atom. The molecule has 0 rings (SSSR count). The number of esters is 3. The second-order valence-corrected chi connectivity index (χ2v) is 19.5. The van der Waals surface area contributed by atoms with Crippen LogP contribution < -0.4 is 0 Å². The molecule has 6 heteroatoms. The van der Waals surface area contributed by atoms with E-state index in [9.17, 15) is 14.4 Å². The number of hydrogen-bond donors (Lipinski definition) is 0. The molecule has 0 aliphatic rings. The van der Waals surface area contributed by atoms with Gasteiger partial charge in [0.25, 0.3) is 0 Å². The first-order valence-electron chi connectivity index (χ1n) is 30.5. The van der Waals surface area contributed by atoms with Gasteiger partial charge in [-0.15, -0.1) is 0 Å². The summed E-state index contributed by atoms with van der Waals surface area (Å²) in [5.74, 6) is -1.04. The lowest BCUT2D eigenvalue weighted by atomic mass is 10.1. The molecule has 0 fully saturated rings. The number of unbranched alkanes of at least 4 members (excludes halogenated alkanes) is 16. The normalized spacial score (nSPS) is 13.2. The first-order chi connectivity index (χ1) is 37.5. The van der Waals surface area contributed by atoms with Crippen LogP contribution in [0.4, 0.5) is 0 Å². The summed E-state index contributed by atoms with van der Waals surface area (Å²) in [7, 11) is 0. The zero-order chi connectivity index (χ0) is 55.0. The van der Waals surface area contributed by atoms with E-state index in [-0.39, 0.29) is 37.5 Å². The van der Waals surface area contributed by atoms with Crippen LogP contribution in [0.1, 0.15) is 245 Å². The summed E-state index contributed by atoms with van der Waals surface area (Å²) in [4.78, 5) is 38.2. The Hall–Kier alpha value is -4.97. The first kappa shape index (κ1) is 71.0. The van der Waals surface area contributed by atoms with Gasteiger partial charge < -0.3 is 14.2 Å². The van der Waals surface area contributed by atoms with Gasteiger partial charge in [-0.3, -0.25) is 14.4 Å². The number of hydrogen-bond acceptors (Lipinski definition) is 6. The topological polar surface area (TPSA) is 78.9 Å². The summed E-state index contributed by atoms with van der Waals surface area (Å²) in [5.41, 5.74) is 0. The van der Waals surface area contributed by atoms with E-state index in [0.717, 1.165) is 141 Å². The highest BCUT2D eigenvalue weighted by molar-refractivity contribution is 5.71. The monoisotopic (exact) mass is 1050 g/mol. The van der Waals surface area contributed by atoms with Crippen molar-refractivity contribution < 1.29 is 28.6 Å². The van der Waals surface area contributed by atoms with Gasteiger partial charge in [-0.05, 0) is 135 Å². The molecular formula is C70H110O6. The molecular weight excluding hydrogens is 937 g/mol. The summed E-state index contributed by atoms with van der Waals surface area (Å²) in [6.45, 7) is 6.30. The van der Waals surface area contributed by atoms with Crippen molar-refractivity contribution in [2.45, 2.75) is 252 Å². The molecule has 0 bridgehead atoms. The van der Waals surface area contributed by atoms with E-state index in [1.807, 2.05) is 12.2 Å². The fourth-order valence-corrected chi connectivity index (χ4v) is 7.76. The molecule has 0 spiro atoms. The maximum absolute atomic E-state index is 12.9. The Balaban J connectivity index is 4.46. The van der Waals surface area contributed by atoms with Gasteiger partial charge in [-0.1, -0.05) is 249 Å². The molecule has 1 unspecified atom stereocenters. The number of ether oxygens (including phenoxy) is 3. The van der Waals surface area contributed by atoms with Crippen molar-refractivity contribution in [1.82, 2.24) is 0 Å². The Bertz CT molecular complexity index is 1720. The molecule has 0 saturated heterocycles. The Labute approximate surface area is 467 Å². The third-order valence-corrected chi connectivity index (χ3v) is 12.3. The summed E-state index contributed by atoms with van der Waals surface area (Å²) in [6.07, 6.45) is 91.1. The molecule has 0 heterocycles. The Morgan fingerprint density at radius 1 is 0.276 bits per heavy atom. The average molecular weight is 1050 g/mol. The molecule has 0 aromatic carbocycles. The number of rotatable bonds is 53. The van der Waals surface area contributed by atoms with Crippen LogP contribution in [0.3, 0.4) is 0 Å². The SMILES string of the molecule is CC/C=C\C/C=C\C/C=C\C/C=C\C/C=C\C/C=C\C/C=C\CCCCCCCC(=O)OCC(COC(=O)CC/C=C\C/C=C\C/C=C\C/C=C\CC)OC(=O)CCCCCCCCC/C=C\C/C=C\CCCCCC. The molecule has 0 aromatic rings. The minimum atomic E-state index is -0.828. The highest BCUT2D eigenvalue weighted by Crippen LogP contribution is 2.13. The second-order valence-electron chi connectivity index (χ2n) is 19.5. The van der Waals surface area contributed by atoms with E-state index in [1.165, 1.54) is 57.8 Å². The molecule has 426 valence electrons. The van der Waals surface area contributed by atoms with Gasteiger partial charge >= 0.3 is 17.9 Å². The maximum atomic E-state index is 12.9. The van der Waals surface area contributed by atoms with Crippen LogP contribution in [0.25, 0.3) is 0 Å². The second kappa shape index (κ2) is 62.6. The Kier molecular flexibility index (Phi) is 58.5. The van der Waals surface area contributed by atoms with Gasteiger partial charge in [-0.25, -0.2) is 0 Å². The lowest BCUT2D eigenvalue weighted by Gasteiger charge is -2.18. The average Bonchev–Trinajstić information content (AvgIpc) is 3.42. The highest BCUT2D eigenvalue weighted by Gasteiger charge is 2.19. The third kappa shape index (κ3) is 59.9. The predicted molar refractivity (Wildman–Crippen MR) is 329 cm³/mol. The minimum Gasteiger partial charge on any atom is -0.462 e. The molecule has 0 aliphatic heterocycles. The van der Waals surface area contributed by atoms with E-state index in [4.69, 9.17) is 14.2 Å². The van der Waals surface area contributed by atoms with Crippen molar-refractivity contribution in [3.63, 3.8) is 0 Å². The van der Waals surface area contributed by atoms with Gasteiger partial charge in [0.2, 0.25) is 0 Å². The van der Waals surface area contributed by atoms with Crippen molar-refractivity contribution in [1.29, 1.82) is 0 Å². The molecule has 1 atom stereocenters. The summed E-state index contributed by atoms with van der Waals surface area (Å²) in [5, 5.41) is 0. The van der Waals surface area contributed by atoms with Crippen LogP contribution in [0.15, 0.2) is 158 Å². The molecule has 0 saturated carbocycles. The van der Waals surface area contributed by atoms with Crippen LogP contribution in [0.2, 0.25) is 0 Å². The molecule has 0 radical (unpaired) electrons. The van der Waals surface area contributed by atoms with Crippen LogP contribution >= 0.6 is 0 Å². The van der Waals surface area contributed by atoms with Crippen LogP contribution in [-0.4, -0.2) is 37.2 Å². The van der Waals surface area contributed by atoms with Crippen molar-refractivity contribution in [2.24, 2.45) is 0 Å². The lowest BCUT2D eigenvalue weighted by molar-refractivity contribution is -0.166. The minimum absolute atomic E-state index is 0.120. The standard InChI is InChI=1S/C70H110O6/c1-4-7-10-13-16-19-22-25-27-29-31-32-33-34-35-36-37-38-39-41-42-45-48-51-54-57-60-63-69(72)75-66-67(65-74-68(71)62-59-56-53-50-47-44-24-21-18-15-12-9-6-3)76-70(73)64-61-58-55-52-49-46-43-40-30-28-26-23-20-17-14-11-8-5-2/h7,9-10,12,16,18-21,23,25,27-28,30-32,34-35,37-38,41-42,44,47,53,56,67H,4-6,8,11,13-15,17,22,24,26,29,33,36,39-40,43,45-46,48-52,54-55,57-66H2,1-3H3/b10-7-,12-9-,19-16-,21-18-,23-20-,27-25-,30-28-,32-31-,35-34-,38-37-,42-41-,47-44-,56-53-. The summed E-state index contributed by atoms with van der Waals surface area (Å²) >= 11 is 0. The van der Waals surface area contributed by atoms with Crippen LogP contribution in [0.5, 0.6) is 0 Å². The van der Waals surface area contributed by atoms with Gasteiger partial charge in [0, 0.05) is 19.3 Å². The van der Waals surface area contributed by atoms with Gasteiger partial charge in [0.1, 0.15) is 13.2 Å². The van der Waals surface area contributed by atoms with Crippen molar-refractivity contribution >= 4 is 17.9 Å². The zero-order valence-electron chi connectivity index (χ0n) is 48.7. The van der Waals surface area contributed by atoms with Gasteiger partial charge in [0.15, 0.2) is 6.10 Å². The largest absolute Gasteiger partial charge is 0.462 e. The van der Waals surface area contributed by atoms with Crippen LogP contribution in [0, 0.1) is 0 Å². The third-order valence-electron chi connectivity index (χ3n) is 12.3. The highest BCUT2D eigenvalue weighted by atomic mass is 16.6. The quantitative estimate of drug-likeness (QED) is 0.0261. The Morgan fingerprint density at radius 2 is 0.539 bits per heavy atom. The van der Waals surface area contributed by atoms with E-state index in [2.05, 4.69) is 167 Å². The van der Waals surface area contributed by atoms with E-state index in [0.29, 0.717) is 19.3 Å². The summed E-state index contributed by atoms with van der Waals surface area (Å²) in [6, 6.07) is 0. The molecule has 76 heavy (non-hydrogen) atoms. The van der Waals surface area contributed by atoms with Crippen molar-refractivity contribution in [3.05, 3.63) is 158 Å². The van der Waals surface area contributed by atoms with Gasteiger partial charge in [-0.2, -0.15) is 0 Å². The van der Waals surface area contributed by atoms with Crippen LogP contribution in [-0.2, 0) is 28.6 Å². The smallest absolute Gasteiger partial charge is 0.306 e. The first-order valence-corrected chi connectivity index (χ1v) is 30.5. The molecule has 0 N–H and O–H groups in total. The van der Waals surface area contributed by atoms with E-state index in [1.54, 1.807) is 0 Å².